The molecule has 0 unspecified atom stereocenters. The summed E-state index contributed by atoms with van der Waals surface area (Å²) in [6.45, 7) is 7.22. The third kappa shape index (κ3) is 3.45. The van der Waals surface area contributed by atoms with E-state index in [1.54, 1.807) is 0 Å². The molecule has 0 bridgehead atoms. The van der Waals surface area contributed by atoms with E-state index in [4.69, 9.17) is 4.74 Å². The highest BCUT2D eigenvalue weighted by Crippen LogP contribution is 2.27. The summed E-state index contributed by atoms with van der Waals surface area (Å²) < 4.78 is 7.64. The Morgan fingerprint density at radius 1 is 1.43 bits per heavy atom. The van der Waals surface area contributed by atoms with Gasteiger partial charge in [-0.25, -0.2) is 0 Å². The van der Waals surface area contributed by atoms with Crippen molar-refractivity contribution in [1.82, 2.24) is 15.1 Å². The van der Waals surface area contributed by atoms with Gasteiger partial charge in [-0.3, -0.25) is 9.48 Å². The van der Waals surface area contributed by atoms with E-state index in [2.05, 4.69) is 16.5 Å². The Labute approximate surface area is 136 Å². The highest BCUT2D eigenvalue weighted by Gasteiger charge is 2.28. The number of aromatic nitrogens is 2. The molecule has 23 heavy (non-hydrogen) atoms. The van der Waals surface area contributed by atoms with Crippen LogP contribution in [-0.2, 0) is 22.5 Å². The van der Waals surface area contributed by atoms with Crippen LogP contribution in [0, 0.1) is 13.8 Å². The zero-order valence-electron chi connectivity index (χ0n) is 13.9. The van der Waals surface area contributed by atoms with E-state index in [1.165, 1.54) is 5.56 Å². The van der Waals surface area contributed by atoms with Crippen molar-refractivity contribution in [3.8, 4) is 0 Å². The number of nitrogens with zero attached hydrogens (tertiary/aromatic N) is 2. The molecule has 0 saturated carbocycles. The Hall–Kier alpha value is -2.14. The minimum Gasteiger partial charge on any atom is -0.363 e. The van der Waals surface area contributed by atoms with Crippen molar-refractivity contribution in [2.45, 2.75) is 45.9 Å². The molecule has 1 aromatic carbocycles. The number of carbonyl (C=O) groups is 1. The molecule has 3 rings (SSSR count). The van der Waals surface area contributed by atoms with Gasteiger partial charge >= 0.3 is 0 Å². The summed E-state index contributed by atoms with van der Waals surface area (Å²) in [5, 5.41) is 7.49. The van der Waals surface area contributed by atoms with Crippen molar-refractivity contribution in [2.75, 3.05) is 6.61 Å². The average Bonchev–Trinajstić information content (AvgIpc) is 2.84. The number of amides is 1. The summed E-state index contributed by atoms with van der Waals surface area (Å²) in [5.74, 6) is -0.0776. The van der Waals surface area contributed by atoms with Gasteiger partial charge in [-0.15, -0.1) is 0 Å². The van der Waals surface area contributed by atoms with Crippen LogP contribution in [0.25, 0.3) is 0 Å². The minimum absolute atomic E-state index is 0.0156. The van der Waals surface area contributed by atoms with Gasteiger partial charge < -0.3 is 10.1 Å². The van der Waals surface area contributed by atoms with Crippen LogP contribution in [0.4, 0.5) is 0 Å². The molecular weight excluding hydrogens is 290 g/mol. The Morgan fingerprint density at radius 2 is 2.22 bits per heavy atom. The fourth-order valence-corrected chi connectivity index (χ4v) is 3.09. The molecular formula is C18H23N3O2. The van der Waals surface area contributed by atoms with Crippen LogP contribution >= 0.6 is 0 Å². The highest BCUT2D eigenvalue weighted by atomic mass is 16.5. The molecule has 0 radical (unpaired) electrons. The summed E-state index contributed by atoms with van der Waals surface area (Å²) in [5.41, 5.74) is 4.27. The van der Waals surface area contributed by atoms with E-state index in [0.717, 1.165) is 23.4 Å². The second kappa shape index (κ2) is 6.54. The first-order chi connectivity index (χ1) is 11.0. The quantitative estimate of drug-likeness (QED) is 0.942. The Bertz CT molecular complexity index is 708. The molecule has 5 nitrogen and oxygen atoms in total. The van der Waals surface area contributed by atoms with E-state index in [9.17, 15) is 4.79 Å². The van der Waals surface area contributed by atoms with Gasteiger partial charge in [0.05, 0.1) is 18.8 Å². The van der Waals surface area contributed by atoms with Gasteiger partial charge in [0.2, 0.25) is 0 Å². The van der Waals surface area contributed by atoms with Gasteiger partial charge in [-0.1, -0.05) is 24.3 Å². The zero-order chi connectivity index (χ0) is 16.4. The number of benzene rings is 1. The molecule has 0 saturated heterocycles. The van der Waals surface area contributed by atoms with Gasteiger partial charge in [0.1, 0.15) is 0 Å². The lowest BCUT2D eigenvalue weighted by atomic mass is 9.97. The van der Waals surface area contributed by atoms with Gasteiger partial charge in [0, 0.05) is 11.7 Å². The second-order valence-corrected chi connectivity index (χ2v) is 6.22. The molecule has 0 aliphatic carbocycles. The smallest absolute Gasteiger partial charge is 0.254 e. The van der Waals surface area contributed by atoms with Gasteiger partial charge in [-0.05, 0) is 44.4 Å². The van der Waals surface area contributed by atoms with Crippen LogP contribution < -0.4 is 5.32 Å². The standard InChI is InChI=1S/C18H23N3O2/c1-12-10-14(3)21(20-12)11-13(2)19-18(22)17-16-7-5-4-6-15(16)8-9-23-17/h4-7,10,13,17H,8-9,11H2,1-3H3,(H,19,22)/t13-,17+/m0/s1. The summed E-state index contributed by atoms with van der Waals surface area (Å²) in [4.78, 5) is 12.6. The number of fused-ring (bicyclic) bond motifs is 1. The van der Waals surface area contributed by atoms with E-state index < -0.39 is 6.10 Å². The SMILES string of the molecule is Cc1cc(C)n(C[C@H](C)NC(=O)[C@@H]2OCCc3ccccc32)n1. The van der Waals surface area contributed by atoms with Crippen molar-refractivity contribution >= 4 is 5.91 Å². The van der Waals surface area contributed by atoms with Crippen LogP contribution in [0.15, 0.2) is 30.3 Å². The van der Waals surface area contributed by atoms with Crippen LogP contribution in [0.5, 0.6) is 0 Å². The Balaban J connectivity index is 1.66. The maximum Gasteiger partial charge on any atom is 0.254 e. The lowest BCUT2D eigenvalue weighted by Gasteiger charge is -2.26. The second-order valence-electron chi connectivity index (χ2n) is 6.22. The van der Waals surface area contributed by atoms with Crippen molar-refractivity contribution in [2.24, 2.45) is 0 Å². The Kier molecular flexibility index (Phi) is 4.48. The first-order valence-corrected chi connectivity index (χ1v) is 8.05. The number of rotatable bonds is 4. The molecule has 1 N–H and O–H groups in total. The molecule has 1 amide bonds. The summed E-state index contributed by atoms with van der Waals surface area (Å²) >= 11 is 0. The van der Waals surface area contributed by atoms with E-state index in [1.807, 2.05) is 49.7 Å². The fraction of sp³-hybridized carbons (Fsp3) is 0.444. The molecule has 1 aromatic heterocycles. The first kappa shape index (κ1) is 15.7. The topological polar surface area (TPSA) is 56.2 Å². The molecule has 2 heterocycles. The number of carbonyl (C=O) groups excluding carboxylic acids is 1. The average molecular weight is 313 g/mol. The lowest BCUT2D eigenvalue weighted by molar-refractivity contribution is -0.134. The van der Waals surface area contributed by atoms with E-state index >= 15 is 0 Å². The number of hydrogen-bond acceptors (Lipinski definition) is 3. The summed E-state index contributed by atoms with van der Waals surface area (Å²) in [7, 11) is 0. The van der Waals surface area contributed by atoms with Gasteiger partial charge in [0.25, 0.3) is 5.91 Å². The molecule has 122 valence electrons. The molecule has 1 aliphatic rings. The molecule has 0 spiro atoms. The number of ether oxygens (including phenoxy) is 1. The van der Waals surface area contributed by atoms with Gasteiger partial charge in [-0.2, -0.15) is 5.10 Å². The monoisotopic (exact) mass is 313 g/mol. The predicted molar refractivity (Wildman–Crippen MR) is 88.1 cm³/mol. The van der Waals surface area contributed by atoms with Crippen molar-refractivity contribution < 1.29 is 9.53 Å². The number of hydrogen-bond donors (Lipinski definition) is 1. The highest BCUT2D eigenvalue weighted by molar-refractivity contribution is 5.83. The van der Waals surface area contributed by atoms with Crippen LogP contribution in [-0.4, -0.2) is 28.3 Å². The normalized spacial score (nSPS) is 18.3. The van der Waals surface area contributed by atoms with E-state index in [-0.39, 0.29) is 11.9 Å². The Morgan fingerprint density at radius 3 is 2.96 bits per heavy atom. The largest absolute Gasteiger partial charge is 0.363 e. The van der Waals surface area contributed by atoms with Crippen LogP contribution in [0.2, 0.25) is 0 Å². The van der Waals surface area contributed by atoms with Gasteiger partial charge in [0.15, 0.2) is 6.10 Å². The summed E-state index contributed by atoms with van der Waals surface area (Å²) in [6.07, 6.45) is 0.351. The maximum absolute atomic E-state index is 12.6. The lowest BCUT2D eigenvalue weighted by Crippen LogP contribution is -2.41. The zero-order valence-corrected chi connectivity index (χ0v) is 13.9. The molecule has 5 heteroatoms. The van der Waals surface area contributed by atoms with Crippen LogP contribution in [0.3, 0.4) is 0 Å². The maximum atomic E-state index is 12.6. The molecule has 2 atom stereocenters. The van der Waals surface area contributed by atoms with Crippen molar-refractivity contribution in [3.05, 3.63) is 52.8 Å². The summed E-state index contributed by atoms with van der Waals surface area (Å²) in [6, 6.07) is 10.0. The number of nitrogens with one attached hydrogen (secondary N) is 1. The van der Waals surface area contributed by atoms with Crippen molar-refractivity contribution in [3.63, 3.8) is 0 Å². The van der Waals surface area contributed by atoms with E-state index in [0.29, 0.717) is 13.2 Å². The van der Waals surface area contributed by atoms with Crippen molar-refractivity contribution in [1.29, 1.82) is 0 Å². The molecule has 2 aromatic rings. The molecule has 1 aliphatic heterocycles. The number of aryl methyl sites for hydroxylation is 2. The molecule has 0 fully saturated rings. The third-order valence-corrected chi connectivity index (χ3v) is 4.17. The fourth-order valence-electron chi connectivity index (χ4n) is 3.09. The van der Waals surface area contributed by atoms with Crippen LogP contribution in [0.1, 0.15) is 35.5 Å². The predicted octanol–water partition coefficient (Wildman–Crippen LogP) is 2.32. The first-order valence-electron chi connectivity index (χ1n) is 8.05. The minimum atomic E-state index is -0.511. The third-order valence-electron chi connectivity index (χ3n) is 4.17.